The van der Waals surface area contributed by atoms with Crippen molar-refractivity contribution in [2.45, 2.75) is 50.8 Å². The minimum atomic E-state index is -0.883. The highest BCUT2D eigenvalue weighted by atomic mass is 16.4. The molecular formula is C9H17NO3. The number of aliphatic hydroxyl groups is 1. The Bertz CT molecular complexity index is 185. The Labute approximate surface area is 78.0 Å². The summed E-state index contributed by atoms with van der Waals surface area (Å²) in [5, 5.41) is 21.0. The van der Waals surface area contributed by atoms with E-state index in [0.717, 1.165) is 19.3 Å². The van der Waals surface area contributed by atoms with Gasteiger partial charge in [-0.1, -0.05) is 19.3 Å². The molecule has 0 spiro atoms. The summed E-state index contributed by atoms with van der Waals surface area (Å²) in [6.45, 7) is 1.55. The molecule has 0 aromatic carbocycles. The van der Waals surface area contributed by atoms with Crippen molar-refractivity contribution in [2.24, 2.45) is 0 Å². The maximum atomic E-state index is 11.0. The SMILES string of the molecule is CC(O)NC1(C(=O)O)CCCCC1. The Balaban J connectivity index is 2.67. The van der Waals surface area contributed by atoms with Crippen LogP contribution in [0.25, 0.3) is 0 Å². The van der Waals surface area contributed by atoms with E-state index in [4.69, 9.17) is 10.2 Å². The summed E-state index contributed by atoms with van der Waals surface area (Å²) in [4.78, 5) is 11.0. The van der Waals surface area contributed by atoms with Crippen LogP contribution in [0.1, 0.15) is 39.0 Å². The largest absolute Gasteiger partial charge is 0.480 e. The molecule has 0 bridgehead atoms. The van der Waals surface area contributed by atoms with Gasteiger partial charge in [0.05, 0.1) is 0 Å². The van der Waals surface area contributed by atoms with E-state index >= 15 is 0 Å². The van der Waals surface area contributed by atoms with E-state index in [1.807, 2.05) is 0 Å². The summed E-state index contributed by atoms with van der Waals surface area (Å²) in [6, 6.07) is 0. The van der Waals surface area contributed by atoms with Crippen molar-refractivity contribution >= 4 is 5.97 Å². The molecule has 1 atom stereocenters. The third kappa shape index (κ3) is 2.42. The molecule has 1 aliphatic rings. The second-order valence-corrected chi connectivity index (χ2v) is 3.77. The quantitative estimate of drug-likeness (QED) is 0.569. The van der Waals surface area contributed by atoms with Gasteiger partial charge >= 0.3 is 5.97 Å². The lowest BCUT2D eigenvalue weighted by Gasteiger charge is -2.35. The van der Waals surface area contributed by atoms with Crippen molar-refractivity contribution in [1.29, 1.82) is 0 Å². The van der Waals surface area contributed by atoms with Crippen LogP contribution < -0.4 is 5.32 Å². The van der Waals surface area contributed by atoms with Gasteiger partial charge in [0, 0.05) is 0 Å². The van der Waals surface area contributed by atoms with E-state index in [1.54, 1.807) is 6.92 Å². The van der Waals surface area contributed by atoms with Crippen molar-refractivity contribution in [1.82, 2.24) is 5.32 Å². The van der Waals surface area contributed by atoms with Gasteiger partial charge in [0.2, 0.25) is 0 Å². The fourth-order valence-corrected chi connectivity index (χ4v) is 1.98. The molecule has 1 unspecified atom stereocenters. The molecule has 4 nitrogen and oxygen atoms in total. The molecule has 0 amide bonds. The second kappa shape index (κ2) is 4.07. The van der Waals surface area contributed by atoms with E-state index < -0.39 is 17.7 Å². The van der Waals surface area contributed by atoms with Gasteiger partial charge in [-0.05, 0) is 19.8 Å². The lowest BCUT2D eigenvalue weighted by molar-refractivity contribution is -0.148. The number of hydrogen-bond acceptors (Lipinski definition) is 3. The van der Waals surface area contributed by atoms with Crippen LogP contribution in [0, 0.1) is 0 Å². The smallest absolute Gasteiger partial charge is 0.323 e. The number of carboxylic acids is 1. The van der Waals surface area contributed by atoms with Crippen LogP contribution in [0.2, 0.25) is 0 Å². The Morgan fingerprint density at radius 1 is 1.38 bits per heavy atom. The molecule has 0 aliphatic heterocycles. The Kier molecular flexibility index (Phi) is 3.27. The van der Waals surface area contributed by atoms with Gasteiger partial charge in [-0.15, -0.1) is 0 Å². The zero-order chi connectivity index (χ0) is 9.90. The Morgan fingerprint density at radius 3 is 2.31 bits per heavy atom. The van der Waals surface area contributed by atoms with Crippen molar-refractivity contribution in [2.75, 3.05) is 0 Å². The highest BCUT2D eigenvalue weighted by Gasteiger charge is 2.39. The summed E-state index contributed by atoms with van der Waals surface area (Å²) < 4.78 is 0. The molecule has 0 aromatic heterocycles. The van der Waals surface area contributed by atoms with E-state index in [2.05, 4.69) is 5.32 Å². The molecule has 1 rings (SSSR count). The second-order valence-electron chi connectivity index (χ2n) is 3.77. The lowest BCUT2D eigenvalue weighted by atomic mass is 9.81. The molecule has 0 saturated heterocycles. The average Bonchev–Trinajstić information content (AvgIpc) is 2.04. The van der Waals surface area contributed by atoms with Gasteiger partial charge in [0.15, 0.2) is 0 Å². The fraction of sp³-hybridized carbons (Fsp3) is 0.889. The average molecular weight is 187 g/mol. The van der Waals surface area contributed by atoms with E-state index in [1.165, 1.54) is 0 Å². The summed E-state index contributed by atoms with van der Waals surface area (Å²) >= 11 is 0. The zero-order valence-corrected chi connectivity index (χ0v) is 7.92. The summed E-state index contributed by atoms with van der Waals surface area (Å²) in [5.41, 5.74) is -0.883. The van der Waals surface area contributed by atoms with Gasteiger partial charge in [0.25, 0.3) is 0 Å². The molecule has 0 aromatic rings. The Hall–Kier alpha value is -0.610. The fourth-order valence-electron chi connectivity index (χ4n) is 1.98. The molecule has 3 N–H and O–H groups in total. The molecular weight excluding hydrogens is 170 g/mol. The third-order valence-corrected chi connectivity index (χ3v) is 2.60. The topological polar surface area (TPSA) is 69.6 Å². The van der Waals surface area contributed by atoms with Crippen LogP contribution in [-0.2, 0) is 4.79 Å². The first-order valence-electron chi connectivity index (χ1n) is 4.76. The third-order valence-electron chi connectivity index (χ3n) is 2.60. The number of hydrogen-bond donors (Lipinski definition) is 3. The normalized spacial score (nSPS) is 23.8. The molecule has 4 heteroatoms. The summed E-state index contributed by atoms with van der Waals surface area (Å²) in [6.07, 6.45) is 3.42. The van der Waals surface area contributed by atoms with Crippen molar-refractivity contribution < 1.29 is 15.0 Å². The molecule has 1 saturated carbocycles. The molecule has 1 aliphatic carbocycles. The predicted molar refractivity (Wildman–Crippen MR) is 48.3 cm³/mol. The minimum Gasteiger partial charge on any atom is -0.480 e. The first-order chi connectivity index (χ1) is 6.07. The molecule has 76 valence electrons. The predicted octanol–water partition coefficient (Wildman–Crippen LogP) is 0.702. The molecule has 0 heterocycles. The van der Waals surface area contributed by atoms with Gasteiger partial charge in [-0.3, -0.25) is 10.1 Å². The van der Waals surface area contributed by atoms with Gasteiger partial charge in [-0.25, -0.2) is 0 Å². The van der Waals surface area contributed by atoms with E-state index in [-0.39, 0.29) is 0 Å². The standard InChI is InChI=1S/C9H17NO3/c1-7(11)10-9(8(12)13)5-3-2-4-6-9/h7,10-11H,2-6H2,1H3,(H,12,13). The Morgan fingerprint density at radius 2 is 1.92 bits per heavy atom. The van der Waals surface area contributed by atoms with Crippen LogP contribution >= 0.6 is 0 Å². The van der Waals surface area contributed by atoms with E-state index in [9.17, 15) is 4.79 Å². The highest BCUT2D eigenvalue weighted by molar-refractivity contribution is 5.78. The minimum absolute atomic E-state index is 0.618. The first kappa shape index (κ1) is 10.5. The van der Waals surface area contributed by atoms with Crippen LogP contribution in [0.4, 0.5) is 0 Å². The molecule has 13 heavy (non-hydrogen) atoms. The van der Waals surface area contributed by atoms with Crippen LogP contribution in [0.5, 0.6) is 0 Å². The lowest BCUT2D eigenvalue weighted by Crippen LogP contribution is -2.56. The summed E-state index contributed by atoms with van der Waals surface area (Å²) in [5.74, 6) is -0.840. The van der Waals surface area contributed by atoms with Crippen molar-refractivity contribution in [3.63, 3.8) is 0 Å². The van der Waals surface area contributed by atoms with Gasteiger partial charge in [0.1, 0.15) is 11.8 Å². The zero-order valence-electron chi connectivity index (χ0n) is 7.92. The first-order valence-corrected chi connectivity index (χ1v) is 4.76. The number of carboxylic acid groups (broad SMARTS) is 1. The van der Waals surface area contributed by atoms with Crippen molar-refractivity contribution in [3.05, 3.63) is 0 Å². The number of aliphatic hydroxyl groups excluding tert-OH is 1. The number of aliphatic carboxylic acids is 1. The van der Waals surface area contributed by atoms with Crippen LogP contribution in [0.3, 0.4) is 0 Å². The molecule has 0 radical (unpaired) electrons. The van der Waals surface area contributed by atoms with Crippen molar-refractivity contribution in [3.8, 4) is 0 Å². The van der Waals surface area contributed by atoms with Gasteiger partial charge in [-0.2, -0.15) is 0 Å². The number of nitrogens with one attached hydrogen (secondary N) is 1. The van der Waals surface area contributed by atoms with Crippen LogP contribution in [0.15, 0.2) is 0 Å². The number of rotatable bonds is 3. The molecule has 1 fully saturated rings. The number of carbonyl (C=O) groups is 1. The maximum absolute atomic E-state index is 11.0. The maximum Gasteiger partial charge on any atom is 0.323 e. The monoisotopic (exact) mass is 187 g/mol. The van der Waals surface area contributed by atoms with Crippen LogP contribution in [-0.4, -0.2) is 27.9 Å². The van der Waals surface area contributed by atoms with Gasteiger partial charge < -0.3 is 10.2 Å². The summed E-state index contributed by atoms with van der Waals surface area (Å²) in [7, 11) is 0. The van der Waals surface area contributed by atoms with E-state index in [0.29, 0.717) is 12.8 Å². The highest BCUT2D eigenvalue weighted by Crippen LogP contribution is 2.28.